The molecule has 0 aliphatic carbocycles. The van der Waals surface area contributed by atoms with E-state index in [-0.39, 0.29) is 0 Å². The lowest BCUT2D eigenvalue weighted by atomic mass is 10.1. The van der Waals surface area contributed by atoms with Crippen molar-refractivity contribution in [2.45, 2.75) is 17.9 Å². The molecule has 3 rings (SSSR count). The van der Waals surface area contributed by atoms with Gasteiger partial charge in [-0.1, -0.05) is 18.2 Å². The largest absolute Gasteiger partial charge is 0.312 e. The average Bonchev–Trinajstić information content (AvgIpc) is 2.58. The fourth-order valence-electron chi connectivity index (χ4n) is 2.49. The first-order chi connectivity index (χ1) is 11.5. The Morgan fingerprint density at radius 2 is 1.58 bits per heavy atom. The Hall–Kier alpha value is -2.31. The lowest BCUT2D eigenvalue weighted by Gasteiger charge is -2.07. The van der Waals surface area contributed by atoms with Crippen molar-refractivity contribution in [3.63, 3.8) is 0 Å². The summed E-state index contributed by atoms with van der Waals surface area (Å²) < 4.78 is 22.9. The summed E-state index contributed by atoms with van der Waals surface area (Å²) in [4.78, 5) is 8.92. The molecule has 24 heavy (non-hydrogen) atoms. The summed E-state index contributed by atoms with van der Waals surface area (Å²) >= 11 is 0. The fourth-order valence-corrected chi connectivity index (χ4v) is 3.12. The van der Waals surface area contributed by atoms with E-state index in [1.165, 1.54) is 6.26 Å². The molecule has 0 atom stereocenters. The molecule has 0 radical (unpaired) electrons. The predicted molar refractivity (Wildman–Crippen MR) is 94.5 cm³/mol. The van der Waals surface area contributed by atoms with Gasteiger partial charge in [-0.2, -0.15) is 0 Å². The van der Waals surface area contributed by atoms with Gasteiger partial charge < -0.3 is 5.32 Å². The van der Waals surface area contributed by atoms with Crippen LogP contribution in [0, 0.1) is 0 Å². The maximum absolute atomic E-state index is 11.4. The van der Waals surface area contributed by atoms with E-state index in [9.17, 15) is 8.42 Å². The molecule has 0 aliphatic rings. The molecule has 0 aliphatic heterocycles. The molecule has 0 amide bonds. The fraction of sp³-hybridized carbons (Fsp3) is 0.222. The highest BCUT2D eigenvalue weighted by Gasteiger charge is 2.05. The van der Waals surface area contributed by atoms with Crippen molar-refractivity contribution in [3.05, 3.63) is 66.0 Å². The van der Waals surface area contributed by atoms with Gasteiger partial charge in [-0.05, 0) is 48.4 Å². The van der Waals surface area contributed by atoms with E-state index in [1.807, 2.05) is 30.3 Å². The van der Waals surface area contributed by atoms with E-state index in [4.69, 9.17) is 0 Å². The van der Waals surface area contributed by atoms with Crippen molar-refractivity contribution < 1.29 is 8.42 Å². The number of rotatable bonds is 6. The van der Waals surface area contributed by atoms with Crippen LogP contribution in [0.3, 0.4) is 0 Å². The van der Waals surface area contributed by atoms with E-state index in [0.717, 1.165) is 41.7 Å². The van der Waals surface area contributed by atoms with Crippen LogP contribution in [0.25, 0.3) is 11.0 Å². The summed E-state index contributed by atoms with van der Waals surface area (Å²) in [6.07, 6.45) is 5.45. The molecular weight excluding hydrogens is 322 g/mol. The quantitative estimate of drug-likeness (QED) is 0.697. The number of aromatic nitrogens is 2. The molecule has 124 valence electrons. The van der Waals surface area contributed by atoms with Crippen LogP contribution in [0.4, 0.5) is 0 Å². The number of nitrogens with zero attached hydrogens (tertiary/aromatic N) is 2. The number of benzene rings is 2. The molecular formula is C18H19N3O2S. The van der Waals surface area contributed by atoms with Crippen LogP contribution in [0.5, 0.6) is 0 Å². The first-order valence-electron chi connectivity index (χ1n) is 7.72. The molecule has 2 aromatic carbocycles. The first-order valence-corrected chi connectivity index (χ1v) is 9.61. The van der Waals surface area contributed by atoms with Crippen molar-refractivity contribution >= 4 is 20.9 Å². The third-order valence-corrected chi connectivity index (χ3v) is 4.93. The number of nitrogens with one attached hydrogen (secondary N) is 1. The first kappa shape index (κ1) is 16.5. The summed E-state index contributed by atoms with van der Waals surface area (Å²) in [5, 5.41) is 3.39. The summed E-state index contributed by atoms with van der Waals surface area (Å²) in [6.45, 7) is 1.57. The van der Waals surface area contributed by atoms with Gasteiger partial charge in [-0.15, -0.1) is 0 Å². The third kappa shape index (κ3) is 4.15. The van der Waals surface area contributed by atoms with Crippen molar-refractivity contribution in [2.75, 3.05) is 12.8 Å². The van der Waals surface area contributed by atoms with Gasteiger partial charge in [0.2, 0.25) is 0 Å². The minimum absolute atomic E-state index is 0.358. The maximum atomic E-state index is 11.4. The van der Waals surface area contributed by atoms with E-state index < -0.39 is 9.84 Å². The monoisotopic (exact) mass is 341 g/mol. The molecule has 0 fully saturated rings. The van der Waals surface area contributed by atoms with Crippen LogP contribution < -0.4 is 5.32 Å². The van der Waals surface area contributed by atoms with Gasteiger partial charge >= 0.3 is 0 Å². The molecule has 3 aromatic rings. The van der Waals surface area contributed by atoms with Crippen LogP contribution in [-0.4, -0.2) is 31.2 Å². The standard InChI is InChI=1S/C18H19N3O2S/c1-24(22,23)16-5-2-14(3-6-16)8-9-19-13-15-4-7-17-18(12-15)21-11-10-20-17/h2-7,10-12,19H,8-9,13H2,1H3. The number of sulfone groups is 1. The van der Waals surface area contributed by atoms with E-state index in [0.29, 0.717) is 4.90 Å². The summed E-state index contributed by atoms with van der Waals surface area (Å²) in [6, 6.07) is 13.1. The van der Waals surface area contributed by atoms with E-state index in [2.05, 4.69) is 15.3 Å². The second kappa shape index (κ2) is 7.07. The van der Waals surface area contributed by atoms with Crippen molar-refractivity contribution in [2.24, 2.45) is 0 Å². The molecule has 0 saturated carbocycles. The van der Waals surface area contributed by atoms with Gasteiger partial charge in [0.15, 0.2) is 9.84 Å². The highest BCUT2D eigenvalue weighted by Crippen LogP contribution is 2.12. The molecule has 0 unspecified atom stereocenters. The normalized spacial score (nSPS) is 11.7. The Morgan fingerprint density at radius 3 is 2.29 bits per heavy atom. The molecule has 0 spiro atoms. The number of fused-ring (bicyclic) bond motifs is 1. The Kier molecular flexibility index (Phi) is 4.87. The van der Waals surface area contributed by atoms with Gasteiger partial charge in [0, 0.05) is 25.2 Å². The van der Waals surface area contributed by atoms with E-state index >= 15 is 0 Å². The van der Waals surface area contributed by atoms with Gasteiger partial charge in [-0.3, -0.25) is 9.97 Å². The minimum Gasteiger partial charge on any atom is -0.312 e. The van der Waals surface area contributed by atoms with E-state index in [1.54, 1.807) is 24.5 Å². The molecule has 0 saturated heterocycles. The highest BCUT2D eigenvalue weighted by molar-refractivity contribution is 7.90. The van der Waals surface area contributed by atoms with Crippen LogP contribution in [0.1, 0.15) is 11.1 Å². The van der Waals surface area contributed by atoms with Gasteiger partial charge in [0.1, 0.15) is 0 Å². The summed E-state index contributed by atoms with van der Waals surface area (Å²) in [5.41, 5.74) is 4.06. The van der Waals surface area contributed by atoms with Gasteiger partial charge in [-0.25, -0.2) is 8.42 Å². The molecule has 1 heterocycles. The maximum Gasteiger partial charge on any atom is 0.175 e. The second-order valence-corrected chi connectivity index (χ2v) is 7.74. The Labute approximate surface area is 141 Å². The third-order valence-electron chi connectivity index (χ3n) is 3.80. The highest BCUT2D eigenvalue weighted by atomic mass is 32.2. The van der Waals surface area contributed by atoms with Crippen LogP contribution in [-0.2, 0) is 22.8 Å². The summed E-state index contributed by atoms with van der Waals surface area (Å²) in [7, 11) is -3.13. The van der Waals surface area contributed by atoms with Crippen molar-refractivity contribution in [1.82, 2.24) is 15.3 Å². The van der Waals surface area contributed by atoms with Crippen LogP contribution in [0.2, 0.25) is 0 Å². The lowest BCUT2D eigenvalue weighted by Crippen LogP contribution is -2.16. The zero-order valence-corrected chi connectivity index (χ0v) is 14.3. The van der Waals surface area contributed by atoms with Gasteiger partial charge in [0.25, 0.3) is 0 Å². The molecule has 1 aromatic heterocycles. The topological polar surface area (TPSA) is 72.0 Å². The van der Waals surface area contributed by atoms with Crippen molar-refractivity contribution in [1.29, 1.82) is 0 Å². The zero-order chi connectivity index (χ0) is 17.0. The van der Waals surface area contributed by atoms with Crippen molar-refractivity contribution in [3.8, 4) is 0 Å². The Balaban J connectivity index is 1.53. The van der Waals surface area contributed by atoms with Crippen LogP contribution in [0.15, 0.2) is 59.8 Å². The molecule has 1 N–H and O–H groups in total. The zero-order valence-electron chi connectivity index (χ0n) is 13.4. The number of hydrogen-bond donors (Lipinski definition) is 1. The van der Waals surface area contributed by atoms with Gasteiger partial charge in [0.05, 0.1) is 15.9 Å². The minimum atomic E-state index is -3.13. The second-order valence-electron chi connectivity index (χ2n) is 5.72. The SMILES string of the molecule is CS(=O)(=O)c1ccc(CCNCc2ccc3nccnc3c2)cc1. The lowest BCUT2D eigenvalue weighted by molar-refractivity contribution is 0.602. The summed E-state index contributed by atoms with van der Waals surface area (Å²) in [5.74, 6) is 0. The molecule has 0 bridgehead atoms. The molecule has 5 nitrogen and oxygen atoms in total. The smallest absolute Gasteiger partial charge is 0.175 e. The average molecular weight is 341 g/mol. The Bertz CT molecular complexity index is 938. The molecule has 6 heteroatoms. The number of hydrogen-bond acceptors (Lipinski definition) is 5. The Morgan fingerprint density at radius 1 is 0.917 bits per heavy atom. The predicted octanol–water partition coefficient (Wildman–Crippen LogP) is 2.37. The van der Waals surface area contributed by atoms with Crippen LogP contribution >= 0.6 is 0 Å².